The third-order valence-electron chi connectivity index (χ3n) is 1.66. The first-order chi connectivity index (χ1) is 5.31. The second-order valence-corrected chi connectivity index (χ2v) is 2.36. The SMILES string of the molecule is CCc1nn(CC)cc1C=O. The zero-order chi connectivity index (χ0) is 8.27. The summed E-state index contributed by atoms with van der Waals surface area (Å²) < 4.78 is 1.78. The van der Waals surface area contributed by atoms with Crippen molar-refractivity contribution in [1.82, 2.24) is 9.78 Å². The highest BCUT2D eigenvalue weighted by Crippen LogP contribution is 2.04. The molecule has 0 bridgehead atoms. The molecule has 0 spiro atoms. The van der Waals surface area contributed by atoms with Crippen molar-refractivity contribution in [1.29, 1.82) is 0 Å². The molecule has 11 heavy (non-hydrogen) atoms. The van der Waals surface area contributed by atoms with Gasteiger partial charge in [-0.15, -0.1) is 0 Å². The van der Waals surface area contributed by atoms with Crippen LogP contribution in [-0.4, -0.2) is 16.1 Å². The molecule has 0 amide bonds. The average molecular weight is 152 g/mol. The summed E-state index contributed by atoms with van der Waals surface area (Å²) in [7, 11) is 0. The zero-order valence-electron chi connectivity index (χ0n) is 6.87. The minimum Gasteiger partial charge on any atom is -0.298 e. The molecule has 0 N–H and O–H groups in total. The number of carbonyl (C=O) groups excluding carboxylic acids is 1. The lowest BCUT2D eigenvalue weighted by molar-refractivity contribution is 0.112. The molecule has 0 saturated heterocycles. The molecule has 1 heterocycles. The van der Waals surface area contributed by atoms with Gasteiger partial charge < -0.3 is 0 Å². The van der Waals surface area contributed by atoms with E-state index in [1.807, 2.05) is 13.8 Å². The summed E-state index contributed by atoms with van der Waals surface area (Å²) in [5, 5.41) is 4.20. The number of hydrogen-bond acceptors (Lipinski definition) is 2. The molecule has 0 aliphatic rings. The fourth-order valence-corrected chi connectivity index (χ4v) is 1.01. The van der Waals surface area contributed by atoms with Crippen molar-refractivity contribution in [2.24, 2.45) is 0 Å². The molecule has 0 radical (unpaired) electrons. The molecule has 0 aliphatic carbocycles. The van der Waals surface area contributed by atoms with Gasteiger partial charge in [0.2, 0.25) is 0 Å². The number of rotatable bonds is 3. The van der Waals surface area contributed by atoms with E-state index in [1.54, 1.807) is 10.9 Å². The van der Waals surface area contributed by atoms with Crippen molar-refractivity contribution in [3.63, 3.8) is 0 Å². The highest BCUT2D eigenvalue weighted by molar-refractivity contribution is 5.75. The van der Waals surface area contributed by atoms with E-state index in [2.05, 4.69) is 5.10 Å². The molecule has 3 heteroatoms. The Hall–Kier alpha value is -1.12. The van der Waals surface area contributed by atoms with Crippen LogP contribution in [0.15, 0.2) is 6.20 Å². The minimum absolute atomic E-state index is 0.717. The van der Waals surface area contributed by atoms with Gasteiger partial charge in [0.15, 0.2) is 6.29 Å². The summed E-state index contributed by atoms with van der Waals surface area (Å²) in [6.45, 7) is 4.82. The molecule has 3 nitrogen and oxygen atoms in total. The smallest absolute Gasteiger partial charge is 0.153 e. The van der Waals surface area contributed by atoms with E-state index >= 15 is 0 Å². The maximum absolute atomic E-state index is 10.5. The highest BCUT2D eigenvalue weighted by Gasteiger charge is 2.03. The van der Waals surface area contributed by atoms with Gasteiger partial charge in [-0.25, -0.2) is 0 Å². The molecule has 1 rings (SSSR count). The third kappa shape index (κ3) is 1.48. The molecule has 0 saturated carbocycles. The van der Waals surface area contributed by atoms with E-state index in [0.29, 0.717) is 5.56 Å². The van der Waals surface area contributed by atoms with Gasteiger partial charge >= 0.3 is 0 Å². The van der Waals surface area contributed by atoms with Crippen LogP contribution in [-0.2, 0) is 13.0 Å². The standard InChI is InChI=1S/C8H12N2O/c1-3-8-7(6-11)5-10(4-2)9-8/h5-6H,3-4H2,1-2H3. The quantitative estimate of drug-likeness (QED) is 0.611. The van der Waals surface area contributed by atoms with Crippen molar-refractivity contribution in [3.05, 3.63) is 17.5 Å². The van der Waals surface area contributed by atoms with E-state index in [9.17, 15) is 4.79 Å². The lowest BCUT2D eigenvalue weighted by atomic mass is 10.2. The van der Waals surface area contributed by atoms with Gasteiger partial charge in [-0.2, -0.15) is 5.10 Å². The van der Waals surface area contributed by atoms with E-state index in [1.165, 1.54) is 0 Å². The Morgan fingerprint density at radius 1 is 1.64 bits per heavy atom. The Bertz CT molecular complexity index is 253. The molecule has 0 aromatic carbocycles. The first-order valence-electron chi connectivity index (χ1n) is 3.83. The molecule has 0 atom stereocenters. The van der Waals surface area contributed by atoms with Gasteiger partial charge in [0, 0.05) is 12.7 Å². The highest BCUT2D eigenvalue weighted by atomic mass is 16.1. The van der Waals surface area contributed by atoms with Crippen LogP contribution in [0.1, 0.15) is 29.9 Å². The second kappa shape index (κ2) is 3.32. The van der Waals surface area contributed by atoms with Crippen LogP contribution in [0.5, 0.6) is 0 Å². The number of hydrogen-bond donors (Lipinski definition) is 0. The maximum atomic E-state index is 10.5. The largest absolute Gasteiger partial charge is 0.298 e. The predicted molar refractivity (Wildman–Crippen MR) is 42.7 cm³/mol. The van der Waals surface area contributed by atoms with Crippen LogP contribution in [0, 0.1) is 0 Å². The van der Waals surface area contributed by atoms with Crippen molar-refractivity contribution in [3.8, 4) is 0 Å². The van der Waals surface area contributed by atoms with Crippen LogP contribution in [0.2, 0.25) is 0 Å². The fraction of sp³-hybridized carbons (Fsp3) is 0.500. The fourth-order valence-electron chi connectivity index (χ4n) is 1.01. The summed E-state index contributed by atoms with van der Waals surface area (Å²) in [4.78, 5) is 10.5. The van der Waals surface area contributed by atoms with Gasteiger partial charge in [-0.1, -0.05) is 6.92 Å². The normalized spacial score (nSPS) is 10.0. The van der Waals surface area contributed by atoms with Crippen LogP contribution in [0.3, 0.4) is 0 Å². The molecule has 60 valence electrons. The van der Waals surface area contributed by atoms with Crippen molar-refractivity contribution in [2.75, 3.05) is 0 Å². The average Bonchev–Trinajstić information content (AvgIpc) is 2.46. The minimum atomic E-state index is 0.717. The lowest BCUT2D eigenvalue weighted by Crippen LogP contribution is -1.94. The molecular weight excluding hydrogens is 140 g/mol. The third-order valence-corrected chi connectivity index (χ3v) is 1.66. The first kappa shape index (κ1) is 7.98. The predicted octanol–water partition coefficient (Wildman–Crippen LogP) is 1.28. The number of aromatic nitrogens is 2. The number of carbonyl (C=O) groups is 1. The second-order valence-electron chi connectivity index (χ2n) is 2.36. The Morgan fingerprint density at radius 2 is 2.36 bits per heavy atom. The van der Waals surface area contributed by atoms with Crippen LogP contribution < -0.4 is 0 Å². The van der Waals surface area contributed by atoms with Gasteiger partial charge in [0.05, 0.1) is 11.3 Å². The van der Waals surface area contributed by atoms with Crippen LogP contribution in [0.25, 0.3) is 0 Å². The summed E-state index contributed by atoms with van der Waals surface area (Å²) in [6.07, 6.45) is 3.46. The van der Waals surface area contributed by atoms with Gasteiger partial charge in [-0.05, 0) is 13.3 Å². The van der Waals surface area contributed by atoms with E-state index in [-0.39, 0.29) is 0 Å². The van der Waals surface area contributed by atoms with Crippen LogP contribution in [0.4, 0.5) is 0 Å². The zero-order valence-corrected chi connectivity index (χ0v) is 6.87. The van der Waals surface area contributed by atoms with Crippen molar-refractivity contribution >= 4 is 6.29 Å². The summed E-state index contributed by atoms with van der Waals surface area (Å²) >= 11 is 0. The van der Waals surface area contributed by atoms with Gasteiger partial charge in [0.25, 0.3) is 0 Å². The summed E-state index contributed by atoms with van der Waals surface area (Å²) in [6, 6.07) is 0. The summed E-state index contributed by atoms with van der Waals surface area (Å²) in [5.41, 5.74) is 1.61. The lowest BCUT2D eigenvalue weighted by Gasteiger charge is -1.90. The van der Waals surface area contributed by atoms with Crippen molar-refractivity contribution < 1.29 is 4.79 Å². The number of aldehydes is 1. The number of aryl methyl sites for hydroxylation is 2. The van der Waals surface area contributed by atoms with E-state index < -0.39 is 0 Å². The summed E-state index contributed by atoms with van der Waals surface area (Å²) in [5.74, 6) is 0. The maximum Gasteiger partial charge on any atom is 0.153 e. The van der Waals surface area contributed by atoms with Gasteiger partial charge in [-0.3, -0.25) is 9.48 Å². The van der Waals surface area contributed by atoms with E-state index in [4.69, 9.17) is 0 Å². The molecule has 1 aromatic heterocycles. The first-order valence-corrected chi connectivity index (χ1v) is 3.83. The van der Waals surface area contributed by atoms with Crippen molar-refractivity contribution in [2.45, 2.75) is 26.8 Å². The molecular formula is C8H12N2O. The molecule has 0 unspecified atom stereocenters. The molecule has 1 aromatic rings. The van der Waals surface area contributed by atoms with Crippen LogP contribution >= 0.6 is 0 Å². The Labute approximate surface area is 66.0 Å². The Morgan fingerprint density at radius 3 is 2.73 bits per heavy atom. The van der Waals surface area contributed by atoms with Gasteiger partial charge in [0.1, 0.15) is 0 Å². The van der Waals surface area contributed by atoms with E-state index in [0.717, 1.165) is 24.9 Å². The Balaban J connectivity index is 3.01. The monoisotopic (exact) mass is 152 g/mol. The number of nitrogens with zero attached hydrogens (tertiary/aromatic N) is 2. The Kier molecular flexibility index (Phi) is 2.41. The topological polar surface area (TPSA) is 34.9 Å². The molecule has 0 fully saturated rings. The molecule has 0 aliphatic heterocycles.